The van der Waals surface area contributed by atoms with E-state index in [0.717, 1.165) is 49.3 Å². The van der Waals surface area contributed by atoms with Gasteiger partial charge in [0.2, 0.25) is 0 Å². The molecule has 1 saturated heterocycles. The van der Waals surface area contributed by atoms with Gasteiger partial charge in [-0.3, -0.25) is 4.90 Å². The van der Waals surface area contributed by atoms with Gasteiger partial charge < -0.3 is 9.64 Å². The standard InChI is InChI=1S/C20H30N4OS/c1-14-15(2)26-20-18(14)19(23(3)16-7-5-4-6-8-16)21-17(22-20)13-24-9-11-25-12-10-24/h16H,4-13H2,1-3H3. The Morgan fingerprint density at radius 1 is 1.12 bits per heavy atom. The van der Waals surface area contributed by atoms with Crippen molar-refractivity contribution in [2.45, 2.75) is 58.5 Å². The first-order chi connectivity index (χ1) is 12.6. The number of ether oxygens (including phenoxy) is 1. The van der Waals surface area contributed by atoms with E-state index in [0.29, 0.717) is 6.04 Å². The average molecular weight is 375 g/mol. The van der Waals surface area contributed by atoms with Crippen molar-refractivity contribution in [3.63, 3.8) is 0 Å². The van der Waals surface area contributed by atoms with Crippen LogP contribution in [0.2, 0.25) is 0 Å². The predicted molar refractivity (Wildman–Crippen MR) is 108 cm³/mol. The molecule has 3 heterocycles. The van der Waals surface area contributed by atoms with Gasteiger partial charge in [-0.25, -0.2) is 9.97 Å². The number of thiophene rings is 1. The zero-order chi connectivity index (χ0) is 18.1. The Hall–Kier alpha value is -1.24. The van der Waals surface area contributed by atoms with Crippen molar-refractivity contribution >= 4 is 27.4 Å². The molecule has 142 valence electrons. The van der Waals surface area contributed by atoms with Crippen LogP contribution in [0.5, 0.6) is 0 Å². The number of hydrogen-bond donors (Lipinski definition) is 0. The van der Waals surface area contributed by atoms with Gasteiger partial charge >= 0.3 is 0 Å². The number of hydrogen-bond acceptors (Lipinski definition) is 6. The van der Waals surface area contributed by atoms with Gasteiger partial charge in [0.1, 0.15) is 16.5 Å². The van der Waals surface area contributed by atoms with E-state index in [-0.39, 0.29) is 0 Å². The molecule has 6 heteroatoms. The first-order valence-electron chi connectivity index (χ1n) is 9.93. The molecule has 1 aliphatic carbocycles. The average Bonchev–Trinajstić information content (AvgIpc) is 2.96. The van der Waals surface area contributed by atoms with Gasteiger partial charge in [0, 0.05) is 31.1 Å². The summed E-state index contributed by atoms with van der Waals surface area (Å²) in [5.74, 6) is 2.10. The molecule has 4 rings (SSSR count). The smallest absolute Gasteiger partial charge is 0.146 e. The number of morpholine rings is 1. The lowest BCUT2D eigenvalue weighted by molar-refractivity contribution is 0.0331. The van der Waals surface area contributed by atoms with E-state index in [4.69, 9.17) is 14.7 Å². The molecule has 2 aromatic rings. The minimum Gasteiger partial charge on any atom is -0.379 e. The summed E-state index contributed by atoms with van der Waals surface area (Å²) in [6, 6.07) is 0.609. The molecule has 5 nitrogen and oxygen atoms in total. The van der Waals surface area contributed by atoms with E-state index in [1.807, 2.05) is 11.3 Å². The largest absolute Gasteiger partial charge is 0.379 e. The van der Waals surface area contributed by atoms with Crippen LogP contribution < -0.4 is 4.90 Å². The van der Waals surface area contributed by atoms with Crippen LogP contribution in [0.4, 0.5) is 5.82 Å². The van der Waals surface area contributed by atoms with Crippen LogP contribution in [-0.4, -0.2) is 54.3 Å². The summed E-state index contributed by atoms with van der Waals surface area (Å²) in [6.45, 7) is 8.81. The van der Waals surface area contributed by atoms with Gasteiger partial charge in [0.05, 0.1) is 25.1 Å². The topological polar surface area (TPSA) is 41.5 Å². The van der Waals surface area contributed by atoms with Gasteiger partial charge in [0.15, 0.2) is 0 Å². The van der Waals surface area contributed by atoms with E-state index in [1.165, 1.54) is 47.9 Å². The Morgan fingerprint density at radius 2 is 1.85 bits per heavy atom. The third-order valence-corrected chi connectivity index (χ3v) is 7.08. The minimum atomic E-state index is 0.609. The molecule has 2 aliphatic rings. The van der Waals surface area contributed by atoms with Crippen LogP contribution >= 0.6 is 11.3 Å². The monoisotopic (exact) mass is 374 g/mol. The second-order valence-corrected chi connectivity index (χ2v) is 8.92. The third-order valence-electron chi connectivity index (χ3n) is 5.98. The van der Waals surface area contributed by atoms with Gasteiger partial charge in [-0.15, -0.1) is 11.3 Å². The SMILES string of the molecule is Cc1sc2nc(CN3CCOCC3)nc(N(C)C3CCCCC3)c2c1C. The highest BCUT2D eigenvalue weighted by molar-refractivity contribution is 7.18. The molecule has 0 N–H and O–H groups in total. The Labute approximate surface area is 160 Å². The Morgan fingerprint density at radius 3 is 2.58 bits per heavy atom. The van der Waals surface area contributed by atoms with Gasteiger partial charge in [-0.1, -0.05) is 19.3 Å². The van der Waals surface area contributed by atoms with Crippen molar-refractivity contribution in [3.8, 4) is 0 Å². The molecular weight excluding hydrogens is 344 g/mol. The first kappa shape index (κ1) is 18.1. The quantitative estimate of drug-likeness (QED) is 0.812. The van der Waals surface area contributed by atoms with Crippen molar-refractivity contribution in [1.82, 2.24) is 14.9 Å². The normalized spacial score (nSPS) is 20.0. The fourth-order valence-corrected chi connectivity index (χ4v) is 5.24. The molecule has 1 saturated carbocycles. The maximum absolute atomic E-state index is 5.48. The highest BCUT2D eigenvalue weighted by atomic mass is 32.1. The third kappa shape index (κ3) is 3.59. The number of nitrogens with zero attached hydrogens (tertiary/aromatic N) is 4. The maximum Gasteiger partial charge on any atom is 0.146 e. The van der Waals surface area contributed by atoms with Crippen molar-refractivity contribution in [2.75, 3.05) is 38.3 Å². The van der Waals surface area contributed by atoms with Crippen LogP contribution in [0.3, 0.4) is 0 Å². The molecule has 0 unspecified atom stereocenters. The van der Waals surface area contributed by atoms with E-state index < -0.39 is 0 Å². The second kappa shape index (κ2) is 7.79. The first-order valence-corrected chi connectivity index (χ1v) is 10.7. The molecular formula is C20H30N4OS. The molecule has 2 aromatic heterocycles. The molecule has 0 aromatic carbocycles. The van der Waals surface area contributed by atoms with E-state index in [1.54, 1.807) is 0 Å². The molecule has 0 amide bonds. The summed E-state index contributed by atoms with van der Waals surface area (Å²) in [6.07, 6.45) is 6.62. The van der Waals surface area contributed by atoms with E-state index in [2.05, 4.69) is 30.7 Å². The summed E-state index contributed by atoms with van der Waals surface area (Å²) < 4.78 is 5.48. The minimum absolute atomic E-state index is 0.609. The zero-order valence-corrected chi connectivity index (χ0v) is 17.1. The molecule has 2 fully saturated rings. The molecule has 0 radical (unpaired) electrons. The summed E-state index contributed by atoms with van der Waals surface area (Å²) in [4.78, 5) is 17.4. The van der Waals surface area contributed by atoms with Crippen LogP contribution in [-0.2, 0) is 11.3 Å². The van der Waals surface area contributed by atoms with Crippen molar-refractivity contribution in [2.24, 2.45) is 0 Å². The lowest BCUT2D eigenvalue weighted by atomic mass is 9.94. The Balaban J connectivity index is 1.70. The fraction of sp³-hybridized carbons (Fsp3) is 0.700. The highest BCUT2D eigenvalue weighted by Crippen LogP contribution is 2.37. The number of fused-ring (bicyclic) bond motifs is 1. The summed E-state index contributed by atoms with van der Waals surface area (Å²) in [5, 5.41) is 1.27. The molecule has 26 heavy (non-hydrogen) atoms. The number of rotatable bonds is 4. The van der Waals surface area contributed by atoms with Gasteiger partial charge in [-0.05, 0) is 32.3 Å². The maximum atomic E-state index is 5.48. The molecule has 1 aliphatic heterocycles. The van der Waals surface area contributed by atoms with Crippen LogP contribution in [0.25, 0.3) is 10.2 Å². The fourth-order valence-electron chi connectivity index (χ4n) is 4.20. The Kier molecular flexibility index (Phi) is 5.43. The lowest BCUT2D eigenvalue weighted by Gasteiger charge is -2.33. The number of aromatic nitrogens is 2. The van der Waals surface area contributed by atoms with Crippen molar-refractivity contribution in [3.05, 3.63) is 16.3 Å². The predicted octanol–water partition coefficient (Wildman–Crippen LogP) is 3.91. The molecule has 0 atom stereocenters. The highest BCUT2D eigenvalue weighted by Gasteiger charge is 2.24. The molecule has 0 bridgehead atoms. The second-order valence-electron chi connectivity index (χ2n) is 7.72. The number of anilines is 1. The van der Waals surface area contributed by atoms with Crippen LogP contribution in [0, 0.1) is 13.8 Å². The van der Waals surface area contributed by atoms with E-state index in [9.17, 15) is 0 Å². The number of aryl methyl sites for hydroxylation is 2. The molecule has 0 spiro atoms. The summed E-state index contributed by atoms with van der Waals surface area (Å²) in [7, 11) is 2.24. The Bertz CT molecular complexity index is 763. The van der Waals surface area contributed by atoms with Crippen molar-refractivity contribution in [1.29, 1.82) is 0 Å². The van der Waals surface area contributed by atoms with Gasteiger partial charge in [-0.2, -0.15) is 0 Å². The summed E-state index contributed by atoms with van der Waals surface area (Å²) >= 11 is 1.81. The van der Waals surface area contributed by atoms with Crippen molar-refractivity contribution < 1.29 is 4.74 Å². The van der Waals surface area contributed by atoms with Crippen LogP contribution in [0.15, 0.2) is 0 Å². The summed E-state index contributed by atoms with van der Waals surface area (Å²) in [5.41, 5.74) is 1.35. The lowest BCUT2D eigenvalue weighted by Crippen LogP contribution is -2.37. The van der Waals surface area contributed by atoms with Gasteiger partial charge in [0.25, 0.3) is 0 Å². The van der Waals surface area contributed by atoms with E-state index >= 15 is 0 Å². The zero-order valence-electron chi connectivity index (χ0n) is 16.3. The van der Waals surface area contributed by atoms with Crippen LogP contribution in [0.1, 0.15) is 48.4 Å².